The topological polar surface area (TPSA) is 142 Å². The number of likely N-dealkylation sites (tertiary alicyclic amines) is 1. The molecule has 9 heteroatoms. The van der Waals surface area contributed by atoms with E-state index in [1.165, 1.54) is 4.90 Å². The smallest absolute Gasteiger partial charge is 0.326 e. The molecule has 1 saturated heterocycles. The molecular formula is C17H30N4O5. The number of carboxylic acid groups (broad SMARTS) is 1. The maximum Gasteiger partial charge on any atom is 0.326 e. The van der Waals surface area contributed by atoms with Gasteiger partial charge in [-0.05, 0) is 24.7 Å². The number of nitrogens with zero attached hydrogens (tertiary/aromatic N) is 1. The van der Waals surface area contributed by atoms with Crippen LogP contribution in [0.2, 0.25) is 0 Å². The second-order valence-electron chi connectivity index (χ2n) is 7.30. The third-order valence-electron chi connectivity index (χ3n) is 4.51. The predicted molar refractivity (Wildman–Crippen MR) is 95.0 cm³/mol. The summed E-state index contributed by atoms with van der Waals surface area (Å²) in [5, 5.41) is 13.9. The second-order valence-corrected chi connectivity index (χ2v) is 7.30. The molecular weight excluding hydrogens is 340 g/mol. The number of carbonyl (C=O) groups is 4. The van der Waals surface area contributed by atoms with Crippen molar-refractivity contribution in [3.63, 3.8) is 0 Å². The third kappa shape index (κ3) is 5.69. The SMILES string of the molecule is CC(C)[C@H](N)C(=O)N1CCC[C@@H]1C(=O)NCC(=O)N[C@H](C(=O)O)C(C)C. The van der Waals surface area contributed by atoms with Crippen LogP contribution in [0.1, 0.15) is 40.5 Å². The first-order valence-electron chi connectivity index (χ1n) is 8.92. The van der Waals surface area contributed by atoms with E-state index < -0.39 is 35.9 Å². The van der Waals surface area contributed by atoms with Crippen LogP contribution in [-0.2, 0) is 19.2 Å². The van der Waals surface area contributed by atoms with Gasteiger partial charge >= 0.3 is 5.97 Å². The molecule has 0 aromatic rings. The van der Waals surface area contributed by atoms with Crippen LogP contribution in [0.5, 0.6) is 0 Å². The number of rotatable bonds is 8. The summed E-state index contributed by atoms with van der Waals surface area (Å²) < 4.78 is 0. The summed E-state index contributed by atoms with van der Waals surface area (Å²) in [6, 6.07) is -2.34. The molecule has 148 valence electrons. The Morgan fingerprint density at radius 2 is 1.77 bits per heavy atom. The fourth-order valence-electron chi connectivity index (χ4n) is 2.80. The molecule has 1 rings (SSSR count). The highest BCUT2D eigenvalue weighted by Gasteiger charge is 2.37. The van der Waals surface area contributed by atoms with E-state index in [1.807, 2.05) is 13.8 Å². The van der Waals surface area contributed by atoms with Crippen LogP contribution < -0.4 is 16.4 Å². The van der Waals surface area contributed by atoms with Gasteiger partial charge in [0, 0.05) is 6.54 Å². The molecule has 1 heterocycles. The second kappa shape index (κ2) is 9.51. The standard InChI is InChI=1S/C17H30N4O5/c1-9(2)13(18)16(24)21-7-5-6-11(21)15(23)19-8-12(22)20-14(10(3)4)17(25)26/h9-11,13-14H,5-8,18H2,1-4H3,(H,19,23)(H,20,22)(H,25,26)/t11-,13+,14+/m1/s1. The fraction of sp³-hybridized carbons (Fsp3) is 0.765. The number of amides is 3. The zero-order chi connectivity index (χ0) is 20.0. The highest BCUT2D eigenvalue weighted by molar-refractivity contribution is 5.93. The van der Waals surface area contributed by atoms with Crippen molar-refractivity contribution < 1.29 is 24.3 Å². The van der Waals surface area contributed by atoms with E-state index in [0.717, 1.165) is 0 Å². The van der Waals surface area contributed by atoms with Crippen LogP contribution in [0.3, 0.4) is 0 Å². The minimum Gasteiger partial charge on any atom is -0.480 e. The molecule has 3 atom stereocenters. The lowest BCUT2D eigenvalue weighted by molar-refractivity contribution is -0.143. The average Bonchev–Trinajstić information content (AvgIpc) is 3.05. The molecule has 1 fully saturated rings. The molecule has 0 saturated carbocycles. The van der Waals surface area contributed by atoms with Gasteiger partial charge in [-0.2, -0.15) is 0 Å². The quantitative estimate of drug-likeness (QED) is 0.445. The highest BCUT2D eigenvalue weighted by atomic mass is 16.4. The molecule has 0 spiro atoms. The normalized spacial score (nSPS) is 19.3. The number of hydrogen-bond donors (Lipinski definition) is 4. The largest absolute Gasteiger partial charge is 0.480 e. The summed E-state index contributed by atoms with van der Waals surface area (Å²) in [5.74, 6) is -2.75. The molecule has 0 aromatic carbocycles. The van der Waals surface area contributed by atoms with Crippen molar-refractivity contribution in [2.45, 2.75) is 58.7 Å². The van der Waals surface area contributed by atoms with Crippen LogP contribution in [0, 0.1) is 11.8 Å². The molecule has 3 amide bonds. The van der Waals surface area contributed by atoms with Gasteiger partial charge in [0.25, 0.3) is 0 Å². The van der Waals surface area contributed by atoms with Crippen LogP contribution in [0.4, 0.5) is 0 Å². The lowest BCUT2D eigenvalue weighted by Crippen LogP contribution is -2.54. The van der Waals surface area contributed by atoms with E-state index >= 15 is 0 Å². The van der Waals surface area contributed by atoms with Gasteiger partial charge < -0.3 is 26.4 Å². The summed E-state index contributed by atoms with van der Waals surface area (Å²) in [6.07, 6.45) is 1.20. The van der Waals surface area contributed by atoms with E-state index in [9.17, 15) is 19.2 Å². The van der Waals surface area contributed by atoms with Crippen LogP contribution in [0.25, 0.3) is 0 Å². The molecule has 0 unspecified atom stereocenters. The molecule has 0 aliphatic carbocycles. The van der Waals surface area contributed by atoms with Gasteiger partial charge in [-0.3, -0.25) is 14.4 Å². The Balaban J connectivity index is 2.60. The average molecular weight is 370 g/mol. The van der Waals surface area contributed by atoms with Gasteiger partial charge in [-0.25, -0.2) is 4.79 Å². The van der Waals surface area contributed by atoms with Crippen LogP contribution in [0.15, 0.2) is 0 Å². The minimum atomic E-state index is -1.13. The van der Waals surface area contributed by atoms with Crippen molar-refractivity contribution >= 4 is 23.7 Å². The number of nitrogens with one attached hydrogen (secondary N) is 2. The van der Waals surface area contributed by atoms with Crippen molar-refractivity contribution in [3.8, 4) is 0 Å². The Morgan fingerprint density at radius 3 is 2.27 bits per heavy atom. The minimum absolute atomic E-state index is 0.0402. The first-order valence-corrected chi connectivity index (χ1v) is 8.92. The highest BCUT2D eigenvalue weighted by Crippen LogP contribution is 2.19. The van der Waals surface area contributed by atoms with Crippen molar-refractivity contribution in [3.05, 3.63) is 0 Å². The van der Waals surface area contributed by atoms with Gasteiger partial charge in [-0.1, -0.05) is 27.7 Å². The monoisotopic (exact) mass is 370 g/mol. The molecule has 0 aromatic heterocycles. The molecule has 0 radical (unpaired) electrons. The van der Waals surface area contributed by atoms with Gasteiger partial charge in [0.05, 0.1) is 12.6 Å². The fourth-order valence-corrected chi connectivity index (χ4v) is 2.80. The summed E-state index contributed by atoms with van der Waals surface area (Å²) in [5.41, 5.74) is 5.89. The number of nitrogens with two attached hydrogens (primary N) is 1. The van der Waals surface area contributed by atoms with E-state index in [0.29, 0.717) is 19.4 Å². The Kier molecular flexibility index (Phi) is 8.01. The van der Waals surface area contributed by atoms with E-state index in [4.69, 9.17) is 10.8 Å². The van der Waals surface area contributed by atoms with Gasteiger partial charge in [-0.15, -0.1) is 0 Å². The summed E-state index contributed by atoms with van der Waals surface area (Å²) in [4.78, 5) is 49.3. The van der Waals surface area contributed by atoms with Gasteiger partial charge in [0.15, 0.2) is 0 Å². The summed E-state index contributed by atoms with van der Waals surface area (Å²) in [6.45, 7) is 7.15. The first-order chi connectivity index (χ1) is 12.1. The lowest BCUT2D eigenvalue weighted by Gasteiger charge is -2.28. The van der Waals surface area contributed by atoms with Crippen LogP contribution in [-0.4, -0.2) is 64.9 Å². The Hall–Kier alpha value is -2.16. The number of carboxylic acids is 1. The Labute approximate surface area is 153 Å². The number of carbonyl (C=O) groups excluding carboxylic acids is 3. The van der Waals surface area contributed by atoms with Crippen molar-refractivity contribution in [1.29, 1.82) is 0 Å². The maximum absolute atomic E-state index is 12.4. The molecule has 5 N–H and O–H groups in total. The van der Waals surface area contributed by atoms with Crippen molar-refractivity contribution in [2.75, 3.05) is 13.1 Å². The van der Waals surface area contributed by atoms with Gasteiger partial charge in [0.2, 0.25) is 17.7 Å². The zero-order valence-corrected chi connectivity index (χ0v) is 15.8. The van der Waals surface area contributed by atoms with Crippen LogP contribution >= 0.6 is 0 Å². The zero-order valence-electron chi connectivity index (χ0n) is 15.8. The number of hydrogen-bond acceptors (Lipinski definition) is 5. The third-order valence-corrected chi connectivity index (χ3v) is 4.51. The Bertz CT molecular complexity index is 549. The van der Waals surface area contributed by atoms with Crippen molar-refractivity contribution in [2.24, 2.45) is 17.6 Å². The molecule has 1 aliphatic heterocycles. The molecule has 9 nitrogen and oxygen atoms in total. The lowest BCUT2D eigenvalue weighted by atomic mass is 10.0. The first kappa shape index (κ1) is 21.9. The van der Waals surface area contributed by atoms with Gasteiger partial charge in [0.1, 0.15) is 12.1 Å². The summed E-state index contributed by atoms with van der Waals surface area (Å²) >= 11 is 0. The predicted octanol–water partition coefficient (Wildman–Crippen LogP) is -0.698. The molecule has 0 bridgehead atoms. The summed E-state index contributed by atoms with van der Waals surface area (Å²) in [7, 11) is 0. The van der Waals surface area contributed by atoms with E-state index in [2.05, 4.69) is 10.6 Å². The van der Waals surface area contributed by atoms with E-state index in [-0.39, 0.29) is 24.3 Å². The Morgan fingerprint density at radius 1 is 1.15 bits per heavy atom. The molecule has 26 heavy (non-hydrogen) atoms. The van der Waals surface area contributed by atoms with E-state index in [1.54, 1.807) is 13.8 Å². The van der Waals surface area contributed by atoms with Crippen molar-refractivity contribution in [1.82, 2.24) is 15.5 Å². The molecule has 1 aliphatic rings. The number of aliphatic carboxylic acids is 1. The maximum atomic E-state index is 12.4.